The van der Waals surface area contributed by atoms with Crippen LogP contribution in [0.3, 0.4) is 0 Å². The van der Waals surface area contributed by atoms with E-state index in [9.17, 15) is 4.79 Å². The van der Waals surface area contributed by atoms with E-state index in [4.69, 9.17) is 11.6 Å². The first-order valence-electron chi connectivity index (χ1n) is 6.23. The molecule has 1 amide bonds. The van der Waals surface area contributed by atoms with Gasteiger partial charge in [0.25, 0.3) is 5.24 Å². The molecule has 0 spiro atoms. The summed E-state index contributed by atoms with van der Waals surface area (Å²) in [5, 5.41) is 3.46. The van der Waals surface area contributed by atoms with Gasteiger partial charge in [0.1, 0.15) is 0 Å². The van der Waals surface area contributed by atoms with E-state index in [0.717, 1.165) is 16.8 Å². The van der Waals surface area contributed by atoms with Crippen molar-refractivity contribution in [2.75, 3.05) is 0 Å². The van der Waals surface area contributed by atoms with Gasteiger partial charge in [0, 0.05) is 16.3 Å². The summed E-state index contributed by atoms with van der Waals surface area (Å²) in [6, 6.07) is 17.5. The quantitative estimate of drug-likeness (QED) is 0.856. The first kappa shape index (κ1) is 13.3. The van der Waals surface area contributed by atoms with Gasteiger partial charge in [0.05, 0.1) is 5.25 Å². The highest BCUT2D eigenvalue weighted by molar-refractivity contribution is 8.14. The number of hydrogen-bond acceptors (Lipinski definition) is 2. The van der Waals surface area contributed by atoms with Crippen molar-refractivity contribution >= 4 is 34.3 Å². The molecule has 20 heavy (non-hydrogen) atoms. The summed E-state index contributed by atoms with van der Waals surface area (Å²) in [5.41, 5.74) is 2.73. The largest absolute Gasteiger partial charge is 0.316 e. The maximum atomic E-state index is 11.9. The molecule has 0 fully saturated rings. The van der Waals surface area contributed by atoms with Gasteiger partial charge >= 0.3 is 0 Å². The van der Waals surface area contributed by atoms with E-state index in [-0.39, 0.29) is 10.5 Å². The van der Waals surface area contributed by atoms with Crippen molar-refractivity contribution in [2.45, 2.75) is 5.25 Å². The molecule has 1 atom stereocenters. The van der Waals surface area contributed by atoms with Crippen LogP contribution in [0.1, 0.15) is 16.4 Å². The number of rotatable bonds is 2. The summed E-state index contributed by atoms with van der Waals surface area (Å²) in [6.07, 6.45) is 2.04. The number of carbonyl (C=O) groups excluding carboxylic acids is 1. The molecule has 0 bridgehead atoms. The van der Waals surface area contributed by atoms with Crippen molar-refractivity contribution in [2.24, 2.45) is 0 Å². The lowest BCUT2D eigenvalue weighted by Gasteiger charge is -2.22. The zero-order chi connectivity index (χ0) is 13.9. The Morgan fingerprint density at radius 2 is 1.70 bits per heavy atom. The second-order valence-corrected chi connectivity index (χ2v) is 5.94. The lowest BCUT2D eigenvalue weighted by Crippen LogP contribution is -2.22. The summed E-state index contributed by atoms with van der Waals surface area (Å²) >= 11 is 7.47. The SMILES string of the molecule is O=C1NC(c2ccccc2Cl)=CC(c2ccccc2)S1. The van der Waals surface area contributed by atoms with Crippen LogP contribution in [0.4, 0.5) is 4.79 Å². The minimum atomic E-state index is -0.0590. The predicted molar refractivity (Wildman–Crippen MR) is 84.7 cm³/mol. The van der Waals surface area contributed by atoms with Crippen LogP contribution in [0.5, 0.6) is 0 Å². The number of benzene rings is 2. The molecule has 0 radical (unpaired) electrons. The Hall–Kier alpha value is -1.71. The molecule has 100 valence electrons. The fourth-order valence-corrected chi connectivity index (χ4v) is 3.26. The number of amides is 1. The van der Waals surface area contributed by atoms with Crippen LogP contribution in [-0.4, -0.2) is 5.24 Å². The smallest absolute Gasteiger partial charge is 0.284 e. The van der Waals surface area contributed by atoms with E-state index in [0.29, 0.717) is 5.02 Å². The lowest BCUT2D eigenvalue weighted by molar-refractivity contribution is 0.263. The van der Waals surface area contributed by atoms with E-state index in [2.05, 4.69) is 5.32 Å². The van der Waals surface area contributed by atoms with E-state index >= 15 is 0 Å². The fraction of sp³-hybridized carbons (Fsp3) is 0.0625. The Bertz CT molecular complexity index is 669. The first-order chi connectivity index (χ1) is 9.74. The second kappa shape index (κ2) is 5.73. The molecule has 0 saturated heterocycles. The van der Waals surface area contributed by atoms with Gasteiger partial charge in [-0.1, -0.05) is 71.9 Å². The Morgan fingerprint density at radius 3 is 2.45 bits per heavy atom. The minimum absolute atomic E-state index is 0.0104. The molecule has 0 aliphatic carbocycles. The summed E-state index contributed by atoms with van der Waals surface area (Å²) in [6.45, 7) is 0. The van der Waals surface area contributed by atoms with Crippen LogP contribution in [0.2, 0.25) is 5.02 Å². The molecule has 0 aromatic heterocycles. The average Bonchev–Trinajstić information content (AvgIpc) is 2.48. The molecule has 0 saturated carbocycles. The van der Waals surface area contributed by atoms with Crippen molar-refractivity contribution < 1.29 is 4.79 Å². The van der Waals surface area contributed by atoms with Crippen molar-refractivity contribution in [3.8, 4) is 0 Å². The zero-order valence-corrected chi connectivity index (χ0v) is 12.1. The van der Waals surface area contributed by atoms with Crippen molar-refractivity contribution in [1.29, 1.82) is 0 Å². The molecule has 1 heterocycles. The predicted octanol–water partition coefficient (Wildman–Crippen LogP) is 4.88. The molecule has 1 unspecified atom stereocenters. The summed E-state index contributed by atoms with van der Waals surface area (Å²) in [4.78, 5) is 11.9. The van der Waals surface area contributed by atoms with Gasteiger partial charge in [0.15, 0.2) is 0 Å². The van der Waals surface area contributed by atoms with Gasteiger partial charge in [-0.05, 0) is 17.7 Å². The number of hydrogen-bond donors (Lipinski definition) is 1. The second-order valence-electron chi connectivity index (χ2n) is 4.42. The van der Waals surface area contributed by atoms with Crippen LogP contribution in [0.15, 0.2) is 60.7 Å². The third kappa shape index (κ3) is 2.74. The molecular formula is C16H12ClNOS. The molecule has 2 nitrogen and oxygen atoms in total. The number of halogens is 1. The van der Waals surface area contributed by atoms with Gasteiger partial charge in [0.2, 0.25) is 0 Å². The molecule has 3 rings (SSSR count). The monoisotopic (exact) mass is 301 g/mol. The van der Waals surface area contributed by atoms with E-state index < -0.39 is 0 Å². The Morgan fingerprint density at radius 1 is 1.00 bits per heavy atom. The minimum Gasteiger partial charge on any atom is -0.316 e. The molecule has 1 N–H and O–H groups in total. The molecule has 1 aliphatic rings. The highest BCUT2D eigenvalue weighted by Gasteiger charge is 2.23. The topological polar surface area (TPSA) is 29.1 Å². The fourth-order valence-electron chi connectivity index (χ4n) is 2.13. The van der Waals surface area contributed by atoms with E-state index in [1.807, 2.05) is 60.7 Å². The summed E-state index contributed by atoms with van der Waals surface area (Å²) in [5.74, 6) is 0. The lowest BCUT2D eigenvalue weighted by atomic mass is 10.1. The van der Waals surface area contributed by atoms with Gasteiger partial charge in [-0.3, -0.25) is 4.79 Å². The van der Waals surface area contributed by atoms with Gasteiger partial charge in [-0.25, -0.2) is 0 Å². The Kier molecular flexibility index (Phi) is 3.81. The van der Waals surface area contributed by atoms with Gasteiger partial charge < -0.3 is 5.32 Å². The maximum absolute atomic E-state index is 11.9. The zero-order valence-electron chi connectivity index (χ0n) is 10.5. The van der Waals surface area contributed by atoms with Crippen LogP contribution in [0, 0.1) is 0 Å². The van der Waals surface area contributed by atoms with Gasteiger partial charge in [-0.2, -0.15) is 0 Å². The summed E-state index contributed by atoms with van der Waals surface area (Å²) < 4.78 is 0. The van der Waals surface area contributed by atoms with Crippen molar-refractivity contribution in [3.63, 3.8) is 0 Å². The van der Waals surface area contributed by atoms with Crippen LogP contribution in [0.25, 0.3) is 5.70 Å². The first-order valence-corrected chi connectivity index (χ1v) is 7.49. The van der Waals surface area contributed by atoms with E-state index in [1.165, 1.54) is 11.8 Å². The highest BCUT2D eigenvalue weighted by Crippen LogP contribution is 2.37. The summed E-state index contributed by atoms with van der Waals surface area (Å²) in [7, 11) is 0. The van der Waals surface area contributed by atoms with Crippen LogP contribution < -0.4 is 5.32 Å². The molecule has 2 aromatic rings. The Balaban J connectivity index is 2.01. The Labute approximate surface area is 126 Å². The third-order valence-electron chi connectivity index (χ3n) is 3.08. The number of thioether (sulfide) groups is 1. The van der Waals surface area contributed by atoms with E-state index in [1.54, 1.807) is 0 Å². The van der Waals surface area contributed by atoms with Crippen LogP contribution in [-0.2, 0) is 0 Å². The standard InChI is InChI=1S/C16H12ClNOS/c17-13-9-5-4-8-12(13)14-10-15(20-16(19)18-14)11-6-2-1-3-7-11/h1-10,15H,(H,18,19). The highest BCUT2D eigenvalue weighted by atomic mass is 35.5. The van der Waals surface area contributed by atoms with Crippen LogP contribution >= 0.6 is 23.4 Å². The van der Waals surface area contributed by atoms with Crippen molar-refractivity contribution in [1.82, 2.24) is 5.32 Å². The number of nitrogens with one attached hydrogen (secondary N) is 1. The molecular weight excluding hydrogens is 290 g/mol. The average molecular weight is 302 g/mol. The number of carbonyl (C=O) groups is 1. The molecule has 4 heteroatoms. The van der Waals surface area contributed by atoms with Gasteiger partial charge in [-0.15, -0.1) is 0 Å². The molecule has 1 aliphatic heterocycles. The normalized spacial score (nSPS) is 18.4. The maximum Gasteiger partial charge on any atom is 0.284 e. The third-order valence-corrected chi connectivity index (χ3v) is 4.39. The van der Waals surface area contributed by atoms with Crippen molar-refractivity contribution in [3.05, 3.63) is 76.8 Å². The molecule has 2 aromatic carbocycles.